The molecule has 3 aliphatic carbocycles. The topological polar surface area (TPSA) is 38.0 Å². The molecule has 2 nitrogen and oxygen atoms in total. The van der Waals surface area contributed by atoms with Crippen LogP contribution in [0.5, 0.6) is 0 Å². The number of fused-ring (bicyclic) bond motifs is 2. The lowest BCUT2D eigenvalue weighted by molar-refractivity contribution is 0.252. The Hall–Kier alpha value is -0.860. The highest BCUT2D eigenvalue weighted by atomic mass is 15.2. The summed E-state index contributed by atoms with van der Waals surface area (Å²) in [5.74, 6) is 9.38. The molecule has 0 aromatic heterocycles. The SMILES string of the molecule is NNC(c1ccc(C2CCC2)cc1)C1CC2CCC1C2. The molecule has 3 aliphatic rings. The van der Waals surface area contributed by atoms with E-state index in [1.165, 1.54) is 56.1 Å². The molecule has 0 radical (unpaired) electrons. The molecule has 1 aromatic rings. The third kappa shape index (κ3) is 2.10. The van der Waals surface area contributed by atoms with Gasteiger partial charge in [0.05, 0.1) is 0 Å². The summed E-state index contributed by atoms with van der Waals surface area (Å²) in [4.78, 5) is 0. The number of nitrogens with one attached hydrogen (secondary N) is 1. The summed E-state index contributed by atoms with van der Waals surface area (Å²) in [5, 5.41) is 0. The molecule has 2 heteroatoms. The van der Waals surface area contributed by atoms with Crippen molar-refractivity contribution in [2.24, 2.45) is 23.6 Å². The molecule has 20 heavy (non-hydrogen) atoms. The summed E-state index contributed by atoms with van der Waals surface area (Å²) >= 11 is 0. The van der Waals surface area contributed by atoms with E-state index >= 15 is 0 Å². The molecular formula is C18H26N2. The molecule has 4 unspecified atom stereocenters. The third-order valence-electron chi connectivity index (χ3n) is 6.27. The van der Waals surface area contributed by atoms with Gasteiger partial charge in [0.2, 0.25) is 0 Å². The van der Waals surface area contributed by atoms with Crippen LogP contribution >= 0.6 is 0 Å². The van der Waals surface area contributed by atoms with Crippen molar-refractivity contribution in [3.8, 4) is 0 Å². The van der Waals surface area contributed by atoms with Crippen LogP contribution in [0.15, 0.2) is 24.3 Å². The number of rotatable bonds is 4. The van der Waals surface area contributed by atoms with Gasteiger partial charge in [-0.3, -0.25) is 11.3 Å². The first kappa shape index (κ1) is 12.8. The Labute approximate surface area is 122 Å². The summed E-state index contributed by atoms with van der Waals surface area (Å²) in [7, 11) is 0. The van der Waals surface area contributed by atoms with Crippen molar-refractivity contribution in [3.63, 3.8) is 0 Å². The summed E-state index contributed by atoms with van der Waals surface area (Å²) < 4.78 is 0. The van der Waals surface area contributed by atoms with E-state index in [1.807, 2.05) is 0 Å². The standard InChI is InChI=1S/C18H26N2/c19-20-18(17-11-12-4-5-16(17)10-12)15-8-6-14(7-9-15)13-2-1-3-13/h6-9,12-13,16-18,20H,1-5,10-11,19H2. The van der Waals surface area contributed by atoms with Crippen LogP contribution in [0.2, 0.25) is 0 Å². The normalized spacial score (nSPS) is 34.1. The van der Waals surface area contributed by atoms with Crippen LogP contribution in [0.4, 0.5) is 0 Å². The Bertz CT molecular complexity index is 463. The Morgan fingerprint density at radius 1 is 1.00 bits per heavy atom. The van der Waals surface area contributed by atoms with Gasteiger partial charge in [-0.05, 0) is 66.9 Å². The van der Waals surface area contributed by atoms with Gasteiger partial charge < -0.3 is 0 Å². The summed E-state index contributed by atoms with van der Waals surface area (Å²) in [5.41, 5.74) is 6.05. The Morgan fingerprint density at radius 2 is 1.80 bits per heavy atom. The van der Waals surface area contributed by atoms with Crippen molar-refractivity contribution in [1.82, 2.24) is 5.43 Å². The maximum Gasteiger partial charge on any atom is 0.0490 e. The number of benzene rings is 1. The molecule has 2 bridgehead atoms. The maximum absolute atomic E-state index is 5.90. The van der Waals surface area contributed by atoms with Gasteiger partial charge in [-0.15, -0.1) is 0 Å². The van der Waals surface area contributed by atoms with Crippen molar-refractivity contribution >= 4 is 0 Å². The fraction of sp³-hybridized carbons (Fsp3) is 0.667. The fourth-order valence-corrected chi connectivity index (χ4v) is 4.89. The van der Waals surface area contributed by atoms with E-state index < -0.39 is 0 Å². The van der Waals surface area contributed by atoms with E-state index in [4.69, 9.17) is 5.84 Å². The van der Waals surface area contributed by atoms with E-state index in [1.54, 1.807) is 0 Å². The Kier molecular flexibility index (Phi) is 3.31. The maximum atomic E-state index is 5.90. The molecule has 0 amide bonds. The van der Waals surface area contributed by atoms with Gasteiger partial charge in [0.1, 0.15) is 0 Å². The molecule has 4 rings (SSSR count). The molecule has 3 N–H and O–H groups in total. The number of nitrogens with two attached hydrogens (primary N) is 1. The van der Waals surface area contributed by atoms with Gasteiger partial charge in [-0.1, -0.05) is 37.1 Å². The summed E-state index contributed by atoms with van der Waals surface area (Å²) in [6.07, 6.45) is 9.87. The smallest absolute Gasteiger partial charge is 0.0490 e. The van der Waals surface area contributed by atoms with Gasteiger partial charge in [-0.2, -0.15) is 0 Å². The van der Waals surface area contributed by atoms with Crippen LogP contribution in [0, 0.1) is 17.8 Å². The third-order valence-corrected chi connectivity index (χ3v) is 6.27. The van der Waals surface area contributed by atoms with Gasteiger partial charge in [0.25, 0.3) is 0 Å². The summed E-state index contributed by atoms with van der Waals surface area (Å²) in [6.45, 7) is 0. The highest BCUT2D eigenvalue weighted by Gasteiger charge is 2.43. The highest BCUT2D eigenvalue weighted by Crippen LogP contribution is 2.52. The molecule has 0 aliphatic heterocycles. The second-order valence-electron chi connectivity index (χ2n) is 7.28. The second-order valence-corrected chi connectivity index (χ2v) is 7.28. The Morgan fingerprint density at radius 3 is 2.30 bits per heavy atom. The van der Waals surface area contributed by atoms with Crippen LogP contribution in [0.25, 0.3) is 0 Å². The van der Waals surface area contributed by atoms with E-state index in [2.05, 4.69) is 29.7 Å². The molecule has 108 valence electrons. The predicted octanol–water partition coefficient (Wildman–Crippen LogP) is 3.89. The minimum absolute atomic E-state index is 0.362. The highest BCUT2D eigenvalue weighted by molar-refractivity contribution is 5.29. The quantitative estimate of drug-likeness (QED) is 0.643. The van der Waals surface area contributed by atoms with Crippen molar-refractivity contribution in [2.75, 3.05) is 0 Å². The first-order chi connectivity index (χ1) is 9.85. The van der Waals surface area contributed by atoms with Gasteiger partial charge in [0, 0.05) is 6.04 Å². The minimum Gasteiger partial charge on any atom is -0.271 e. The van der Waals surface area contributed by atoms with Gasteiger partial charge in [-0.25, -0.2) is 0 Å². The molecule has 4 atom stereocenters. The molecule has 0 saturated heterocycles. The lowest BCUT2D eigenvalue weighted by Gasteiger charge is -2.31. The first-order valence-electron chi connectivity index (χ1n) is 8.41. The van der Waals surface area contributed by atoms with Crippen molar-refractivity contribution < 1.29 is 0 Å². The average Bonchev–Trinajstić information content (AvgIpc) is 3.02. The van der Waals surface area contributed by atoms with Crippen molar-refractivity contribution in [3.05, 3.63) is 35.4 Å². The van der Waals surface area contributed by atoms with Crippen LogP contribution < -0.4 is 11.3 Å². The predicted molar refractivity (Wildman–Crippen MR) is 82.0 cm³/mol. The van der Waals surface area contributed by atoms with E-state index in [0.717, 1.165) is 23.7 Å². The minimum atomic E-state index is 0.362. The Balaban J connectivity index is 1.52. The van der Waals surface area contributed by atoms with E-state index in [9.17, 15) is 0 Å². The molecular weight excluding hydrogens is 244 g/mol. The average molecular weight is 270 g/mol. The van der Waals surface area contributed by atoms with Crippen LogP contribution in [-0.4, -0.2) is 0 Å². The van der Waals surface area contributed by atoms with Crippen LogP contribution in [0.3, 0.4) is 0 Å². The van der Waals surface area contributed by atoms with Crippen molar-refractivity contribution in [2.45, 2.75) is 56.9 Å². The zero-order valence-electron chi connectivity index (χ0n) is 12.2. The lowest BCUT2D eigenvalue weighted by atomic mass is 9.78. The number of hydrogen-bond acceptors (Lipinski definition) is 2. The molecule has 3 saturated carbocycles. The summed E-state index contributed by atoms with van der Waals surface area (Å²) in [6, 6.07) is 9.70. The van der Waals surface area contributed by atoms with Crippen LogP contribution in [-0.2, 0) is 0 Å². The lowest BCUT2D eigenvalue weighted by Crippen LogP contribution is -2.35. The molecule has 0 spiro atoms. The first-order valence-corrected chi connectivity index (χ1v) is 8.41. The zero-order chi connectivity index (χ0) is 13.5. The fourth-order valence-electron chi connectivity index (χ4n) is 4.89. The molecule has 0 heterocycles. The molecule has 3 fully saturated rings. The van der Waals surface area contributed by atoms with E-state index in [-0.39, 0.29) is 0 Å². The van der Waals surface area contributed by atoms with Crippen molar-refractivity contribution in [1.29, 1.82) is 0 Å². The van der Waals surface area contributed by atoms with Crippen LogP contribution in [0.1, 0.15) is 68.0 Å². The second kappa shape index (κ2) is 5.16. The van der Waals surface area contributed by atoms with E-state index in [0.29, 0.717) is 6.04 Å². The van der Waals surface area contributed by atoms with Gasteiger partial charge in [0.15, 0.2) is 0 Å². The van der Waals surface area contributed by atoms with Gasteiger partial charge >= 0.3 is 0 Å². The largest absolute Gasteiger partial charge is 0.271 e. The monoisotopic (exact) mass is 270 g/mol. The zero-order valence-corrected chi connectivity index (χ0v) is 12.2. The number of hydrogen-bond donors (Lipinski definition) is 2. The number of hydrazine groups is 1. The molecule has 1 aromatic carbocycles.